The third-order valence-electron chi connectivity index (χ3n) is 6.43. The molecule has 10 heteroatoms. The van der Waals surface area contributed by atoms with E-state index < -0.39 is 0 Å². The third kappa shape index (κ3) is 5.42. The van der Waals surface area contributed by atoms with Crippen LogP contribution in [0.1, 0.15) is 35.9 Å². The molecule has 2 aromatic carbocycles. The lowest BCUT2D eigenvalue weighted by molar-refractivity contribution is 0.0964. The van der Waals surface area contributed by atoms with Gasteiger partial charge in [-0.3, -0.25) is 9.69 Å². The van der Waals surface area contributed by atoms with E-state index >= 15 is 0 Å². The summed E-state index contributed by atoms with van der Waals surface area (Å²) in [7, 11) is 1.59. The quantitative estimate of drug-likeness (QED) is 0.277. The number of aromatic amines is 1. The molecular weight excluding hydrogens is 476 g/mol. The summed E-state index contributed by atoms with van der Waals surface area (Å²) in [6.07, 6.45) is 4.00. The highest BCUT2D eigenvalue weighted by Crippen LogP contribution is 2.27. The number of hydrogen-bond acceptors (Lipinski definition) is 7. The van der Waals surface area contributed by atoms with Crippen molar-refractivity contribution in [3.63, 3.8) is 0 Å². The molecule has 1 aliphatic rings. The Hall–Kier alpha value is -3.69. The molecular formula is C26H29ClN8O. The van der Waals surface area contributed by atoms with Crippen molar-refractivity contribution in [1.29, 1.82) is 0 Å². The van der Waals surface area contributed by atoms with Crippen molar-refractivity contribution >= 4 is 51.7 Å². The summed E-state index contributed by atoms with van der Waals surface area (Å²) in [5.74, 6) is 2.35. The molecule has 4 N–H and O–H groups in total. The highest BCUT2D eigenvalue weighted by molar-refractivity contribution is 6.33. The molecule has 1 fully saturated rings. The molecule has 0 bridgehead atoms. The molecule has 186 valence electrons. The topological polar surface area (TPSA) is 111 Å². The number of rotatable bonds is 7. The molecule has 5 rings (SSSR count). The molecule has 3 heterocycles. The Balaban J connectivity index is 1.32. The van der Waals surface area contributed by atoms with E-state index in [4.69, 9.17) is 16.6 Å². The molecule has 36 heavy (non-hydrogen) atoms. The first-order valence-corrected chi connectivity index (χ1v) is 12.4. The van der Waals surface area contributed by atoms with Gasteiger partial charge in [-0.05, 0) is 62.2 Å². The van der Waals surface area contributed by atoms with Gasteiger partial charge in [0.1, 0.15) is 10.8 Å². The van der Waals surface area contributed by atoms with Gasteiger partial charge in [0, 0.05) is 12.7 Å². The SMILES string of the molecule is CNC(=O)c1ccccc1Nc1nc(Nc2ccc3nc(CN4CCC(C)CC4)[nH]c3c2)ncc1Cl. The van der Waals surface area contributed by atoms with Crippen molar-refractivity contribution in [3.05, 3.63) is 65.1 Å². The number of hydrogen-bond donors (Lipinski definition) is 4. The minimum atomic E-state index is -0.205. The zero-order valence-electron chi connectivity index (χ0n) is 20.3. The molecule has 0 unspecified atom stereocenters. The van der Waals surface area contributed by atoms with Gasteiger partial charge in [-0.2, -0.15) is 4.98 Å². The van der Waals surface area contributed by atoms with Crippen LogP contribution in [0.5, 0.6) is 0 Å². The number of carbonyl (C=O) groups excluding carboxylic acids is 1. The molecule has 0 saturated carbocycles. The third-order valence-corrected chi connectivity index (χ3v) is 6.71. The summed E-state index contributed by atoms with van der Waals surface area (Å²) in [6.45, 7) is 5.38. The van der Waals surface area contributed by atoms with E-state index in [9.17, 15) is 4.79 Å². The predicted molar refractivity (Wildman–Crippen MR) is 143 cm³/mol. The number of benzene rings is 2. The average Bonchev–Trinajstić information content (AvgIpc) is 3.29. The van der Waals surface area contributed by atoms with Gasteiger partial charge in [-0.25, -0.2) is 9.97 Å². The number of para-hydroxylation sites is 1. The molecule has 4 aromatic rings. The van der Waals surface area contributed by atoms with E-state index in [2.05, 4.69) is 42.7 Å². The van der Waals surface area contributed by atoms with Crippen LogP contribution < -0.4 is 16.0 Å². The first kappa shape index (κ1) is 24.0. The van der Waals surface area contributed by atoms with Gasteiger partial charge in [0.2, 0.25) is 5.95 Å². The first-order chi connectivity index (χ1) is 17.5. The van der Waals surface area contributed by atoms with Crippen LogP contribution in [0.15, 0.2) is 48.7 Å². The Bertz CT molecular complexity index is 1380. The van der Waals surface area contributed by atoms with Crippen molar-refractivity contribution in [2.45, 2.75) is 26.3 Å². The Morgan fingerprint density at radius 2 is 1.94 bits per heavy atom. The van der Waals surface area contributed by atoms with E-state index in [1.807, 2.05) is 24.3 Å². The summed E-state index contributed by atoms with van der Waals surface area (Å²) in [5, 5.41) is 9.37. The maximum atomic E-state index is 12.2. The van der Waals surface area contributed by atoms with E-state index in [0.717, 1.165) is 48.1 Å². The molecule has 1 saturated heterocycles. The monoisotopic (exact) mass is 504 g/mol. The number of amides is 1. The molecule has 1 amide bonds. The van der Waals surface area contributed by atoms with Crippen molar-refractivity contribution in [3.8, 4) is 0 Å². The number of nitrogens with one attached hydrogen (secondary N) is 4. The fourth-order valence-electron chi connectivity index (χ4n) is 4.34. The molecule has 2 aromatic heterocycles. The molecule has 0 radical (unpaired) electrons. The van der Waals surface area contributed by atoms with Crippen LogP contribution in [0.2, 0.25) is 5.02 Å². The van der Waals surface area contributed by atoms with Gasteiger partial charge >= 0.3 is 0 Å². The highest BCUT2D eigenvalue weighted by atomic mass is 35.5. The van der Waals surface area contributed by atoms with Gasteiger partial charge in [0.05, 0.1) is 35.0 Å². The number of nitrogens with zero attached hydrogens (tertiary/aromatic N) is 4. The second-order valence-electron chi connectivity index (χ2n) is 9.14. The number of piperidine rings is 1. The summed E-state index contributed by atoms with van der Waals surface area (Å²) in [6, 6.07) is 13.1. The van der Waals surface area contributed by atoms with Crippen LogP contribution in [-0.2, 0) is 6.54 Å². The predicted octanol–water partition coefficient (Wildman–Crippen LogP) is 5.09. The Morgan fingerprint density at radius 3 is 2.75 bits per heavy atom. The number of aromatic nitrogens is 4. The maximum absolute atomic E-state index is 12.2. The van der Waals surface area contributed by atoms with Crippen LogP contribution in [-0.4, -0.2) is 50.9 Å². The van der Waals surface area contributed by atoms with Crippen molar-refractivity contribution < 1.29 is 4.79 Å². The standard InChI is InChI=1S/C26H29ClN8O/c1-16-9-11-35(12-10-16)15-23-31-21-8-7-17(13-22(21)32-23)30-26-29-14-19(27)24(34-26)33-20-6-4-3-5-18(20)25(36)28-2/h3-8,13-14,16H,9-12,15H2,1-2H3,(H,28,36)(H,31,32)(H2,29,30,33,34). The lowest BCUT2D eigenvalue weighted by atomic mass is 9.99. The molecule has 0 atom stereocenters. The summed E-state index contributed by atoms with van der Waals surface area (Å²) >= 11 is 6.35. The van der Waals surface area contributed by atoms with Crippen molar-refractivity contribution in [2.24, 2.45) is 5.92 Å². The Kier molecular flexibility index (Phi) is 7.02. The lowest BCUT2D eigenvalue weighted by Gasteiger charge is -2.29. The first-order valence-electron chi connectivity index (χ1n) is 12.1. The second-order valence-corrected chi connectivity index (χ2v) is 9.55. The maximum Gasteiger partial charge on any atom is 0.253 e. The smallest absolute Gasteiger partial charge is 0.253 e. The fourth-order valence-corrected chi connectivity index (χ4v) is 4.48. The van der Waals surface area contributed by atoms with E-state index in [1.54, 1.807) is 25.2 Å². The summed E-state index contributed by atoms with van der Waals surface area (Å²) in [5.41, 5.74) is 3.78. The molecule has 0 aliphatic carbocycles. The minimum absolute atomic E-state index is 0.205. The van der Waals surface area contributed by atoms with Crippen molar-refractivity contribution in [2.75, 3.05) is 30.8 Å². The van der Waals surface area contributed by atoms with Crippen molar-refractivity contribution in [1.82, 2.24) is 30.2 Å². The Morgan fingerprint density at radius 1 is 1.14 bits per heavy atom. The normalized spacial score (nSPS) is 14.6. The number of halogens is 1. The summed E-state index contributed by atoms with van der Waals surface area (Å²) < 4.78 is 0. The zero-order chi connectivity index (χ0) is 25.1. The highest BCUT2D eigenvalue weighted by Gasteiger charge is 2.17. The number of likely N-dealkylation sites (tertiary alicyclic amines) is 1. The fraction of sp³-hybridized carbons (Fsp3) is 0.308. The van der Waals surface area contributed by atoms with Crippen LogP contribution in [0, 0.1) is 5.92 Å². The minimum Gasteiger partial charge on any atom is -0.355 e. The molecule has 1 aliphatic heterocycles. The lowest BCUT2D eigenvalue weighted by Crippen LogP contribution is -2.32. The van der Waals surface area contributed by atoms with Gasteiger partial charge in [0.25, 0.3) is 5.91 Å². The van der Waals surface area contributed by atoms with Crippen LogP contribution in [0.4, 0.5) is 23.1 Å². The van der Waals surface area contributed by atoms with Gasteiger partial charge in [0.15, 0.2) is 5.82 Å². The van der Waals surface area contributed by atoms with Crippen LogP contribution >= 0.6 is 11.6 Å². The van der Waals surface area contributed by atoms with Crippen LogP contribution in [0.25, 0.3) is 11.0 Å². The molecule has 9 nitrogen and oxygen atoms in total. The number of imidazole rings is 1. The van der Waals surface area contributed by atoms with Gasteiger partial charge in [-0.1, -0.05) is 30.7 Å². The van der Waals surface area contributed by atoms with Crippen LogP contribution in [0.3, 0.4) is 0 Å². The van der Waals surface area contributed by atoms with E-state index in [0.29, 0.717) is 28.0 Å². The Labute approximate surface area is 214 Å². The number of anilines is 4. The van der Waals surface area contributed by atoms with Gasteiger partial charge in [-0.15, -0.1) is 0 Å². The number of fused-ring (bicyclic) bond motifs is 1. The van der Waals surface area contributed by atoms with E-state index in [-0.39, 0.29) is 5.91 Å². The molecule has 0 spiro atoms. The zero-order valence-corrected chi connectivity index (χ0v) is 21.1. The number of H-pyrrole nitrogens is 1. The van der Waals surface area contributed by atoms with Gasteiger partial charge < -0.3 is 20.9 Å². The van der Waals surface area contributed by atoms with E-state index in [1.165, 1.54) is 19.0 Å². The average molecular weight is 505 g/mol. The second kappa shape index (κ2) is 10.5. The summed E-state index contributed by atoms with van der Waals surface area (Å²) in [4.78, 5) is 31.7. The largest absolute Gasteiger partial charge is 0.355 e. The number of carbonyl (C=O) groups is 1.